The number of hydrogen-bond acceptors (Lipinski definition) is 6. The molecule has 0 aliphatic carbocycles. The number of carbonyl (C=O) groups is 3. The molecule has 0 radical (unpaired) electrons. The van der Waals surface area contributed by atoms with Crippen molar-refractivity contribution in [2.75, 3.05) is 6.54 Å². The maximum Gasteiger partial charge on any atom is 0.287 e. The Morgan fingerprint density at radius 2 is 1.91 bits per heavy atom. The predicted molar refractivity (Wildman–Crippen MR) is 117 cm³/mol. The maximum absolute atomic E-state index is 13.1. The van der Waals surface area contributed by atoms with Gasteiger partial charge in [0.2, 0.25) is 15.8 Å². The molecule has 3 rings (SSSR count). The first-order valence-corrected chi connectivity index (χ1v) is 12.1. The molecule has 2 unspecified atom stereocenters. The van der Waals surface area contributed by atoms with Gasteiger partial charge in [-0.1, -0.05) is 32.0 Å². The van der Waals surface area contributed by atoms with Gasteiger partial charge in [0.25, 0.3) is 5.91 Å². The third-order valence-corrected chi connectivity index (χ3v) is 6.96. The molecule has 1 amide bonds. The third-order valence-electron chi connectivity index (χ3n) is 5.50. The Bertz CT molecular complexity index is 1080. The second-order valence-electron chi connectivity index (χ2n) is 8.32. The molecule has 2 aromatic rings. The number of ketones is 2. The average Bonchev–Trinajstić information content (AvgIpc) is 3.21. The fourth-order valence-electron chi connectivity index (χ4n) is 3.68. The number of carbonyl (C=O) groups excluding carboxylic acids is 3. The maximum atomic E-state index is 13.1. The summed E-state index contributed by atoms with van der Waals surface area (Å²) in [6.45, 7) is 3.73. The van der Waals surface area contributed by atoms with E-state index in [9.17, 15) is 22.8 Å². The summed E-state index contributed by atoms with van der Waals surface area (Å²) in [7, 11) is -3.92. The molecule has 172 valence electrons. The number of benzene rings is 1. The van der Waals surface area contributed by atoms with Crippen molar-refractivity contribution in [3.63, 3.8) is 0 Å². The van der Waals surface area contributed by atoms with Crippen LogP contribution in [0.5, 0.6) is 0 Å². The van der Waals surface area contributed by atoms with Gasteiger partial charge in [0.05, 0.1) is 16.6 Å². The highest BCUT2D eigenvalue weighted by atomic mass is 32.2. The zero-order valence-corrected chi connectivity index (χ0v) is 18.9. The normalized spacial score (nSPS) is 18.7. The first kappa shape index (κ1) is 23.8. The Kier molecular flexibility index (Phi) is 7.57. The highest BCUT2D eigenvalue weighted by molar-refractivity contribution is 7.89. The fourth-order valence-corrected chi connectivity index (χ4v) is 5.07. The molecule has 0 fully saturated rings. The Morgan fingerprint density at radius 1 is 1.19 bits per heavy atom. The van der Waals surface area contributed by atoms with E-state index < -0.39 is 39.5 Å². The smallest absolute Gasteiger partial charge is 0.287 e. The zero-order chi connectivity index (χ0) is 23.3. The van der Waals surface area contributed by atoms with Crippen molar-refractivity contribution in [3.05, 3.63) is 47.8 Å². The molecule has 1 aromatic heterocycles. The minimum atomic E-state index is -3.92. The van der Waals surface area contributed by atoms with E-state index in [1.165, 1.54) is 12.1 Å². The average molecular weight is 461 g/mol. The zero-order valence-electron chi connectivity index (χ0n) is 18.1. The highest BCUT2D eigenvalue weighted by Crippen LogP contribution is 2.20. The van der Waals surface area contributed by atoms with Crippen molar-refractivity contribution in [1.82, 2.24) is 20.2 Å². The lowest BCUT2D eigenvalue weighted by molar-refractivity contribution is -0.141. The van der Waals surface area contributed by atoms with Gasteiger partial charge in [-0.15, -0.1) is 0 Å². The molecule has 10 heteroatoms. The van der Waals surface area contributed by atoms with E-state index >= 15 is 0 Å². The van der Waals surface area contributed by atoms with Crippen LogP contribution >= 0.6 is 0 Å². The highest BCUT2D eigenvalue weighted by Gasteiger charge is 2.33. The number of hydrogen-bond donors (Lipinski definition) is 3. The van der Waals surface area contributed by atoms with Gasteiger partial charge < -0.3 is 5.32 Å². The number of nitrogens with one attached hydrogen (secondary N) is 3. The molecule has 9 nitrogen and oxygen atoms in total. The second kappa shape index (κ2) is 10.2. The van der Waals surface area contributed by atoms with Crippen LogP contribution in [0.15, 0.2) is 41.3 Å². The van der Waals surface area contributed by atoms with Crippen molar-refractivity contribution in [1.29, 1.82) is 0 Å². The molecule has 1 aliphatic heterocycles. The summed E-state index contributed by atoms with van der Waals surface area (Å²) in [6, 6.07) is 8.65. The van der Waals surface area contributed by atoms with Crippen LogP contribution < -0.4 is 10.0 Å². The third kappa shape index (κ3) is 5.89. The lowest BCUT2D eigenvalue weighted by Crippen LogP contribution is -2.46. The van der Waals surface area contributed by atoms with Gasteiger partial charge in [-0.25, -0.2) is 13.1 Å². The van der Waals surface area contributed by atoms with E-state index in [1.807, 2.05) is 6.07 Å². The van der Waals surface area contributed by atoms with Crippen LogP contribution in [0.1, 0.15) is 38.1 Å². The molecular weight excluding hydrogens is 432 g/mol. The molecule has 3 N–H and O–H groups in total. The van der Waals surface area contributed by atoms with Crippen LogP contribution in [0.3, 0.4) is 0 Å². The van der Waals surface area contributed by atoms with Gasteiger partial charge >= 0.3 is 0 Å². The first-order chi connectivity index (χ1) is 15.2. The van der Waals surface area contributed by atoms with Gasteiger partial charge in [0.1, 0.15) is 0 Å². The molecular formula is C22H28N4O5S. The van der Waals surface area contributed by atoms with Crippen LogP contribution in [0.2, 0.25) is 0 Å². The van der Waals surface area contributed by atoms with E-state index in [0.29, 0.717) is 12.8 Å². The monoisotopic (exact) mass is 460 g/mol. The topological polar surface area (TPSA) is 138 Å². The number of aryl methyl sites for hydroxylation is 1. The molecule has 0 saturated heterocycles. The number of amides is 1. The van der Waals surface area contributed by atoms with Crippen molar-refractivity contribution in [3.8, 4) is 0 Å². The summed E-state index contributed by atoms with van der Waals surface area (Å²) < 4.78 is 28.0. The minimum absolute atomic E-state index is 0.0545. The van der Waals surface area contributed by atoms with Crippen LogP contribution in [0.25, 0.3) is 0 Å². The molecule has 2 bridgehead atoms. The number of rotatable bonds is 7. The SMILES string of the molecule is CC(C)C(NS(=O)(=O)c1ccccc1)C(=O)CC1CCc2cc(n[nH]2)CCNC(=O)C1=O. The van der Waals surface area contributed by atoms with Crippen molar-refractivity contribution in [2.24, 2.45) is 11.8 Å². The first-order valence-electron chi connectivity index (χ1n) is 10.6. The van der Waals surface area contributed by atoms with Gasteiger partial charge in [-0.3, -0.25) is 19.5 Å². The quantitative estimate of drug-likeness (QED) is 0.530. The van der Waals surface area contributed by atoms with Gasteiger partial charge in [-0.05, 0) is 37.0 Å². The van der Waals surface area contributed by atoms with E-state index in [-0.39, 0.29) is 30.2 Å². The lowest BCUT2D eigenvalue weighted by atomic mass is 9.87. The van der Waals surface area contributed by atoms with Crippen LogP contribution in [0.4, 0.5) is 0 Å². The van der Waals surface area contributed by atoms with Gasteiger partial charge in [-0.2, -0.15) is 5.10 Å². The predicted octanol–water partition coefficient (Wildman–Crippen LogP) is 1.16. The number of fused-ring (bicyclic) bond motifs is 2. The number of sulfonamides is 1. The van der Waals surface area contributed by atoms with E-state index in [0.717, 1.165) is 11.4 Å². The summed E-state index contributed by atoms with van der Waals surface area (Å²) in [5, 5.41) is 9.67. The number of H-pyrrole nitrogens is 1. The molecule has 2 atom stereocenters. The molecule has 1 aromatic carbocycles. The van der Waals surface area contributed by atoms with Crippen molar-refractivity contribution in [2.45, 2.75) is 50.5 Å². The fraction of sp³-hybridized carbons (Fsp3) is 0.455. The number of nitrogens with zero attached hydrogens (tertiary/aromatic N) is 1. The molecule has 0 saturated carbocycles. The Labute approximate surface area is 187 Å². The Morgan fingerprint density at radius 3 is 2.59 bits per heavy atom. The molecule has 0 spiro atoms. The minimum Gasteiger partial charge on any atom is -0.349 e. The van der Waals surface area contributed by atoms with Gasteiger partial charge in [0.15, 0.2) is 5.78 Å². The van der Waals surface area contributed by atoms with Crippen LogP contribution in [-0.4, -0.2) is 48.7 Å². The number of aromatic nitrogens is 2. The Balaban J connectivity index is 1.77. The standard InChI is InChI=1S/C22H28N4O5S/c1-14(2)20(26-32(30,31)18-6-4-3-5-7-18)19(27)12-15-8-9-16-13-17(25-24-16)10-11-23-22(29)21(15)28/h3-7,13-15,20,26H,8-12H2,1-2H3,(H,23,29)(H,24,25). The van der Waals surface area contributed by atoms with E-state index in [1.54, 1.807) is 32.0 Å². The van der Waals surface area contributed by atoms with Crippen LogP contribution in [-0.2, 0) is 37.2 Å². The largest absolute Gasteiger partial charge is 0.349 e. The summed E-state index contributed by atoms with van der Waals surface area (Å²) in [5.74, 6) is -3.01. The summed E-state index contributed by atoms with van der Waals surface area (Å²) in [6.07, 6.45) is 0.991. The number of aromatic amines is 1. The molecule has 32 heavy (non-hydrogen) atoms. The van der Waals surface area contributed by atoms with E-state index in [2.05, 4.69) is 20.2 Å². The summed E-state index contributed by atoms with van der Waals surface area (Å²) in [4.78, 5) is 38.2. The molecule has 2 heterocycles. The van der Waals surface area contributed by atoms with Crippen LogP contribution in [0, 0.1) is 11.8 Å². The second-order valence-corrected chi connectivity index (χ2v) is 10.0. The number of Topliss-reactive ketones (excluding diaryl/α,β-unsaturated/α-hetero) is 2. The Hall–Kier alpha value is -2.85. The lowest BCUT2D eigenvalue weighted by Gasteiger charge is -2.23. The van der Waals surface area contributed by atoms with Gasteiger partial charge in [0, 0.05) is 31.0 Å². The van der Waals surface area contributed by atoms with Crippen molar-refractivity contribution >= 4 is 27.5 Å². The molecule has 1 aliphatic rings. The van der Waals surface area contributed by atoms with Crippen molar-refractivity contribution < 1.29 is 22.8 Å². The summed E-state index contributed by atoms with van der Waals surface area (Å²) in [5.41, 5.74) is 1.61. The van der Waals surface area contributed by atoms with E-state index in [4.69, 9.17) is 0 Å². The summed E-state index contributed by atoms with van der Waals surface area (Å²) >= 11 is 0.